The van der Waals surface area contributed by atoms with Crippen LogP contribution in [0.1, 0.15) is 22.3 Å². The first-order chi connectivity index (χ1) is 9.66. The molecule has 0 fully saturated rings. The zero-order valence-electron chi connectivity index (χ0n) is 10.5. The molecule has 1 aliphatic carbocycles. The highest BCUT2D eigenvalue weighted by Crippen LogP contribution is 2.39. The van der Waals surface area contributed by atoms with E-state index in [1.807, 2.05) is 54.6 Å². The van der Waals surface area contributed by atoms with Crippen LogP contribution in [-0.4, -0.2) is 11.1 Å². The van der Waals surface area contributed by atoms with Gasteiger partial charge in [-0.3, -0.25) is 0 Å². The van der Waals surface area contributed by atoms with E-state index < -0.39 is 5.97 Å². The lowest BCUT2D eigenvalue weighted by Crippen LogP contribution is -1.97. The second kappa shape index (κ2) is 5.10. The van der Waals surface area contributed by atoms with Gasteiger partial charge in [-0.15, -0.1) is 0 Å². The summed E-state index contributed by atoms with van der Waals surface area (Å²) in [6, 6.07) is 15.6. The van der Waals surface area contributed by atoms with E-state index in [0.29, 0.717) is 0 Å². The number of halogens is 1. The molecular weight excluding hydrogens is 316 g/mol. The molecule has 2 aromatic carbocycles. The van der Waals surface area contributed by atoms with Crippen molar-refractivity contribution >= 4 is 38.0 Å². The van der Waals surface area contributed by atoms with Crippen LogP contribution in [0.25, 0.3) is 16.1 Å². The fraction of sp³-hybridized carbons (Fsp3) is 0. The summed E-state index contributed by atoms with van der Waals surface area (Å²) in [5, 5.41) is 9.17. The molecule has 0 atom stereocenters. The topological polar surface area (TPSA) is 37.3 Å². The van der Waals surface area contributed by atoms with Crippen molar-refractivity contribution in [3.63, 3.8) is 0 Å². The van der Waals surface area contributed by atoms with Crippen LogP contribution in [-0.2, 0) is 4.79 Å². The molecule has 20 heavy (non-hydrogen) atoms. The zero-order valence-corrected chi connectivity index (χ0v) is 12.1. The normalized spacial score (nSPS) is 15.1. The first-order valence-corrected chi connectivity index (χ1v) is 6.97. The lowest BCUT2D eigenvalue weighted by molar-refractivity contribution is -0.131. The second-order valence-corrected chi connectivity index (χ2v) is 5.38. The molecular formula is C17H11BrO2. The number of hydrogen-bond acceptors (Lipinski definition) is 1. The monoisotopic (exact) mass is 326 g/mol. The quantitative estimate of drug-likeness (QED) is 0.788. The zero-order chi connectivity index (χ0) is 14.1. The number of carboxylic acids is 1. The van der Waals surface area contributed by atoms with Crippen LogP contribution in [0.5, 0.6) is 0 Å². The van der Waals surface area contributed by atoms with E-state index in [9.17, 15) is 4.79 Å². The van der Waals surface area contributed by atoms with Crippen LogP contribution in [0.3, 0.4) is 0 Å². The highest BCUT2D eigenvalue weighted by atomic mass is 79.9. The van der Waals surface area contributed by atoms with Gasteiger partial charge in [-0.2, -0.15) is 0 Å². The molecule has 1 aliphatic rings. The molecule has 0 unspecified atom stereocenters. The maximum absolute atomic E-state index is 11.2. The fourth-order valence-electron chi connectivity index (χ4n) is 2.43. The van der Waals surface area contributed by atoms with E-state index in [1.165, 1.54) is 6.08 Å². The van der Waals surface area contributed by atoms with E-state index in [1.54, 1.807) is 0 Å². The summed E-state index contributed by atoms with van der Waals surface area (Å²) in [5.74, 6) is -0.942. The molecule has 0 radical (unpaired) electrons. The third kappa shape index (κ3) is 2.21. The molecule has 2 nitrogen and oxygen atoms in total. The van der Waals surface area contributed by atoms with Crippen molar-refractivity contribution in [3.8, 4) is 0 Å². The van der Waals surface area contributed by atoms with Crippen LogP contribution >= 0.6 is 15.9 Å². The summed E-state index contributed by atoms with van der Waals surface area (Å²) in [7, 11) is 0. The predicted octanol–water partition coefficient (Wildman–Crippen LogP) is 4.41. The van der Waals surface area contributed by atoms with Gasteiger partial charge in [0.05, 0.1) is 0 Å². The van der Waals surface area contributed by atoms with E-state index in [4.69, 9.17) is 5.11 Å². The lowest BCUT2D eigenvalue weighted by Gasteiger charge is -2.11. The van der Waals surface area contributed by atoms with Crippen molar-refractivity contribution in [1.82, 2.24) is 0 Å². The molecule has 2 aromatic rings. The van der Waals surface area contributed by atoms with E-state index in [2.05, 4.69) is 15.9 Å². The van der Waals surface area contributed by atoms with Crippen LogP contribution in [0.15, 0.2) is 54.6 Å². The highest BCUT2D eigenvalue weighted by molar-refractivity contribution is 9.15. The summed E-state index contributed by atoms with van der Waals surface area (Å²) in [4.78, 5) is 11.2. The highest BCUT2D eigenvalue weighted by Gasteiger charge is 2.18. The van der Waals surface area contributed by atoms with Gasteiger partial charge in [-0.1, -0.05) is 64.5 Å². The van der Waals surface area contributed by atoms with Crippen molar-refractivity contribution in [2.45, 2.75) is 0 Å². The van der Waals surface area contributed by atoms with Gasteiger partial charge in [0.2, 0.25) is 0 Å². The smallest absolute Gasteiger partial charge is 0.328 e. The van der Waals surface area contributed by atoms with Gasteiger partial charge >= 0.3 is 5.97 Å². The molecule has 0 saturated heterocycles. The Morgan fingerprint density at radius 3 is 2.25 bits per heavy atom. The summed E-state index contributed by atoms with van der Waals surface area (Å²) in [6.45, 7) is 0. The summed E-state index contributed by atoms with van der Waals surface area (Å²) < 4.78 is 0.953. The molecule has 0 aliphatic heterocycles. The Morgan fingerprint density at radius 2 is 1.55 bits per heavy atom. The minimum absolute atomic E-state index is 0.731. The molecule has 1 N–H and O–H groups in total. The van der Waals surface area contributed by atoms with Crippen LogP contribution in [0.2, 0.25) is 0 Å². The molecule has 0 spiro atoms. The molecule has 3 rings (SSSR count). The Balaban J connectivity index is 2.39. The van der Waals surface area contributed by atoms with Gasteiger partial charge in [0, 0.05) is 10.6 Å². The second-order valence-electron chi connectivity index (χ2n) is 4.52. The van der Waals surface area contributed by atoms with Gasteiger partial charge in [-0.05, 0) is 33.9 Å². The average Bonchev–Trinajstić information content (AvgIpc) is 2.55. The molecule has 0 amide bonds. The third-order valence-corrected chi connectivity index (χ3v) is 3.93. The Labute approximate surface area is 125 Å². The molecule has 3 heteroatoms. The van der Waals surface area contributed by atoms with Crippen LogP contribution in [0, 0.1) is 0 Å². The van der Waals surface area contributed by atoms with E-state index in [0.717, 1.165) is 32.3 Å². The number of fused-ring (bicyclic) bond motifs is 2. The first-order valence-electron chi connectivity index (χ1n) is 6.18. The number of aliphatic carboxylic acids is 1. The minimum atomic E-state index is -0.942. The number of rotatable bonds is 1. The molecule has 0 aromatic heterocycles. The predicted molar refractivity (Wildman–Crippen MR) is 84.4 cm³/mol. The maximum atomic E-state index is 11.2. The first kappa shape index (κ1) is 12.9. The van der Waals surface area contributed by atoms with Crippen molar-refractivity contribution < 1.29 is 9.90 Å². The number of benzene rings is 2. The van der Waals surface area contributed by atoms with Crippen LogP contribution in [0.4, 0.5) is 0 Å². The van der Waals surface area contributed by atoms with Gasteiger partial charge < -0.3 is 5.11 Å². The van der Waals surface area contributed by atoms with Gasteiger partial charge in [0.25, 0.3) is 0 Å². The fourth-order valence-corrected chi connectivity index (χ4v) is 3.03. The minimum Gasteiger partial charge on any atom is -0.478 e. The Bertz CT molecular complexity index is 757. The number of carbonyl (C=O) groups is 1. The van der Waals surface area contributed by atoms with Gasteiger partial charge in [-0.25, -0.2) is 4.79 Å². The Morgan fingerprint density at radius 1 is 0.950 bits per heavy atom. The standard InChI is InChI=1S/C17H11BrO2/c18-16-9-11-5-1-2-6-12(11)15(10-17(19)20)13-7-3-4-8-14(13)16/h1-10H,(H,19,20)/b15-10-. The van der Waals surface area contributed by atoms with Crippen molar-refractivity contribution in [1.29, 1.82) is 0 Å². The number of hydrogen-bond donors (Lipinski definition) is 1. The molecule has 0 heterocycles. The summed E-state index contributed by atoms with van der Waals surface area (Å²) in [5.41, 5.74) is 4.58. The summed E-state index contributed by atoms with van der Waals surface area (Å²) >= 11 is 3.59. The van der Waals surface area contributed by atoms with Gasteiger partial charge in [0.1, 0.15) is 0 Å². The average molecular weight is 327 g/mol. The summed E-state index contributed by atoms with van der Waals surface area (Å²) in [6.07, 6.45) is 3.30. The van der Waals surface area contributed by atoms with E-state index >= 15 is 0 Å². The Kier molecular flexibility index (Phi) is 3.28. The number of carboxylic acid groups (broad SMARTS) is 1. The molecule has 0 bridgehead atoms. The maximum Gasteiger partial charge on any atom is 0.328 e. The Hall–Kier alpha value is -2.13. The van der Waals surface area contributed by atoms with Crippen molar-refractivity contribution in [2.24, 2.45) is 0 Å². The van der Waals surface area contributed by atoms with Crippen molar-refractivity contribution in [2.75, 3.05) is 0 Å². The lowest BCUT2D eigenvalue weighted by atomic mass is 9.93. The van der Waals surface area contributed by atoms with Crippen molar-refractivity contribution in [3.05, 3.63) is 76.9 Å². The third-order valence-electron chi connectivity index (χ3n) is 3.28. The SMILES string of the molecule is O=C(O)/C=C1/c2ccccc2C=C(Br)c2ccccc21. The van der Waals surface area contributed by atoms with E-state index in [-0.39, 0.29) is 0 Å². The molecule has 98 valence electrons. The van der Waals surface area contributed by atoms with Gasteiger partial charge in [0.15, 0.2) is 0 Å². The van der Waals surface area contributed by atoms with Crippen LogP contribution < -0.4 is 0 Å². The largest absolute Gasteiger partial charge is 0.478 e. The molecule has 0 saturated carbocycles.